The van der Waals surface area contributed by atoms with Gasteiger partial charge in [-0.1, -0.05) is 52.7 Å². The second-order valence-electron chi connectivity index (χ2n) is 6.66. The highest BCUT2D eigenvalue weighted by Crippen LogP contribution is 2.25. The van der Waals surface area contributed by atoms with Crippen molar-refractivity contribution in [3.8, 4) is 28.6 Å². The third-order valence-electron chi connectivity index (χ3n) is 4.30. The molecule has 1 amide bonds. The molecule has 1 aromatic heterocycles. The molecule has 0 radical (unpaired) electrons. The third kappa shape index (κ3) is 4.85. The molecule has 0 aliphatic rings. The van der Waals surface area contributed by atoms with E-state index in [0.29, 0.717) is 28.2 Å². The van der Waals surface area contributed by atoms with E-state index in [9.17, 15) is 4.79 Å². The number of benzene rings is 3. The summed E-state index contributed by atoms with van der Waals surface area (Å²) in [5.41, 5.74) is 3.34. The summed E-state index contributed by atoms with van der Waals surface area (Å²) in [6.45, 7) is 1.88. The van der Waals surface area contributed by atoms with Gasteiger partial charge >= 0.3 is 0 Å². The van der Waals surface area contributed by atoms with Crippen LogP contribution in [0.1, 0.15) is 5.56 Å². The molecule has 0 aliphatic heterocycles. The largest absolute Gasteiger partial charge is 0.484 e. The fourth-order valence-electron chi connectivity index (χ4n) is 2.79. The number of hydrogen-bond acceptors (Lipinski definition) is 5. The highest BCUT2D eigenvalue weighted by Gasteiger charge is 2.12. The van der Waals surface area contributed by atoms with Gasteiger partial charge in [0.2, 0.25) is 5.82 Å². The van der Waals surface area contributed by atoms with E-state index in [2.05, 4.69) is 15.5 Å². The van der Waals surface area contributed by atoms with Gasteiger partial charge in [0.25, 0.3) is 11.8 Å². The first kappa shape index (κ1) is 19.7. The minimum absolute atomic E-state index is 0.142. The fraction of sp³-hybridized carbons (Fsp3) is 0.0870. The summed E-state index contributed by atoms with van der Waals surface area (Å²) in [5, 5.41) is 7.34. The van der Waals surface area contributed by atoms with E-state index in [0.717, 1.165) is 16.7 Å². The van der Waals surface area contributed by atoms with Crippen LogP contribution in [0.5, 0.6) is 5.75 Å². The minimum atomic E-state index is -0.288. The molecule has 30 heavy (non-hydrogen) atoms. The Bertz CT molecular complexity index is 1170. The first-order valence-electron chi connectivity index (χ1n) is 9.26. The van der Waals surface area contributed by atoms with Crippen molar-refractivity contribution in [3.63, 3.8) is 0 Å². The van der Waals surface area contributed by atoms with Gasteiger partial charge in [0.05, 0.1) is 0 Å². The lowest BCUT2D eigenvalue weighted by Crippen LogP contribution is -2.20. The van der Waals surface area contributed by atoms with Crippen LogP contribution in [-0.4, -0.2) is 22.7 Å². The van der Waals surface area contributed by atoms with Gasteiger partial charge in [-0.3, -0.25) is 4.79 Å². The lowest BCUT2D eigenvalue weighted by atomic mass is 10.1. The summed E-state index contributed by atoms with van der Waals surface area (Å²) >= 11 is 5.92. The zero-order valence-electron chi connectivity index (χ0n) is 16.1. The monoisotopic (exact) mass is 419 g/mol. The van der Waals surface area contributed by atoms with Crippen molar-refractivity contribution in [2.75, 3.05) is 11.9 Å². The molecule has 3 aromatic carbocycles. The van der Waals surface area contributed by atoms with E-state index < -0.39 is 0 Å². The Labute approximate surface area is 178 Å². The lowest BCUT2D eigenvalue weighted by Gasteiger charge is -2.08. The molecular weight excluding hydrogens is 402 g/mol. The third-order valence-corrected chi connectivity index (χ3v) is 4.53. The molecule has 0 unspecified atom stereocenters. The average molecular weight is 420 g/mol. The average Bonchev–Trinajstić information content (AvgIpc) is 3.23. The lowest BCUT2D eigenvalue weighted by molar-refractivity contribution is -0.118. The molecule has 0 saturated carbocycles. The standard InChI is InChI=1S/C23H18ClN3O3/c1-15-8-10-16(11-9-15)23-26-22(27-30-23)17-4-2-7-20(12-17)29-14-21(28)25-19-6-3-5-18(24)13-19/h2-13H,14H2,1H3,(H,25,28). The Balaban J connectivity index is 1.41. The number of nitrogens with one attached hydrogen (secondary N) is 1. The molecule has 1 heterocycles. The van der Waals surface area contributed by atoms with Crippen molar-refractivity contribution in [3.05, 3.63) is 83.4 Å². The number of carbonyl (C=O) groups is 1. The van der Waals surface area contributed by atoms with Crippen LogP contribution >= 0.6 is 11.6 Å². The van der Waals surface area contributed by atoms with Crippen LogP contribution in [0.3, 0.4) is 0 Å². The smallest absolute Gasteiger partial charge is 0.262 e. The Kier molecular flexibility index (Phi) is 5.77. The summed E-state index contributed by atoms with van der Waals surface area (Å²) in [6, 6.07) is 21.9. The number of aromatic nitrogens is 2. The molecule has 1 N–H and O–H groups in total. The molecule has 0 bridgehead atoms. The normalized spacial score (nSPS) is 10.6. The van der Waals surface area contributed by atoms with Crippen LogP contribution < -0.4 is 10.1 Å². The van der Waals surface area contributed by atoms with Crippen molar-refractivity contribution in [1.29, 1.82) is 0 Å². The molecule has 7 heteroatoms. The molecule has 0 fully saturated rings. The Hall–Kier alpha value is -3.64. The Morgan fingerprint density at radius 2 is 1.83 bits per heavy atom. The van der Waals surface area contributed by atoms with Gasteiger partial charge < -0.3 is 14.6 Å². The summed E-state index contributed by atoms with van der Waals surface area (Å²) in [6.07, 6.45) is 0. The molecule has 0 saturated heterocycles. The number of hydrogen-bond donors (Lipinski definition) is 1. The predicted octanol–water partition coefficient (Wildman–Crippen LogP) is 5.38. The van der Waals surface area contributed by atoms with Crippen molar-refractivity contribution < 1.29 is 14.1 Å². The quantitative estimate of drug-likeness (QED) is 0.453. The maximum Gasteiger partial charge on any atom is 0.262 e. The number of anilines is 1. The van der Waals surface area contributed by atoms with Crippen molar-refractivity contribution >= 4 is 23.2 Å². The second kappa shape index (κ2) is 8.80. The Morgan fingerprint density at radius 1 is 1.03 bits per heavy atom. The minimum Gasteiger partial charge on any atom is -0.484 e. The summed E-state index contributed by atoms with van der Waals surface area (Å²) in [5.74, 6) is 1.12. The van der Waals surface area contributed by atoms with E-state index in [1.807, 2.05) is 37.3 Å². The van der Waals surface area contributed by atoms with Gasteiger partial charge in [-0.25, -0.2) is 0 Å². The number of ether oxygens (including phenoxy) is 1. The zero-order valence-corrected chi connectivity index (χ0v) is 16.9. The Morgan fingerprint density at radius 3 is 2.63 bits per heavy atom. The van der Waals surface area contributed by atoms with Gasteiger partial charge in [-0.2, -0.15) is 4.98 Å². The zero-order chi connectivity index (χ0) is 20.9. The van der Waals surface area contributed by atoms with E-state index >= 15 is 0 Å². The second-order valence-corrected chi connectivity index (χ2v) is 7.10. The highest BCUT2D eigenvalue weighted by atomic mass is 35.5. The molecule has 0 aliphatic carbocycles. The number of rotatable bonds is 6. The number of aryl methyl sites for hydroxylation is 1. The number of halogens is 1. The van der Waals surface area contributed by atoms with Crippen LogP contribution in [0, 0.1) is 6.92 Å². The molecule has 150 valence electrons. The highest BCUT2D eigenvalue weighted by molar-refractivity contribution is 6.30. The van der Waals surface area contributed by atoms with E-state index in [1.165, 1.54) is 0 Å². The van der Waals surface area contributed by atoms with E-state index in [1.54, 1.807) is 42.5 Å². The van der Waals surface area contributed by atoms with E-state index in [4.69, 9.17) is 20.9 Å². The van der Waals surface area contributed by atoms with Crippen LogP contribution in [0.2, 0.25) is 5.02 Å². The molecule has 0 spiro atoms. The van der Waals surface area contributed by atoms with Gasteiger partial charge in [0.15, 0.2) is 6.61 Å². The van der Waals surface area contributed by atoms with Crippen LogP contribution in [0.15, 0.2) is 77.3 Å². The van der Waals surface area contributed by atoms with Gasteiger partial charge in [0, 0.05) is 21.8 Å². The van der Waals surface area contributed by atoms with Crippen LogP contribution in [0.4, 0.5) is 5.69 Å². The first-order valence-corrected chi connectivity index (χ1v) is 9.64. The van der Waals surface area contributed by atoms with Crippen LogP contribution in [-0.2, 0) is 4.79 Å². The van der Waals surface area contributed by atoms with Crippen molar-refractivity contribution in [2.45, 2.75) is 6.92 Å². The first-order chi connectivity index (χ1) is 14.6. The molecule has 4 rings (SSSR count). The summed E-state index contributed by atoms with van der Waals surface area (Å²) in [7, 11) is 0. The maximum absolute atomic E-state index is 12.1. The van der Waals surface area contributed by atoms with Gasteiger partial charge in [0.1, 0.15) is 5.75 Å². The van der Waals surface area contributed by atoms with Gasteiger partial charge in [-0.05, 0) is 49.4 Å². The maximum atomic E-state index is 12.1. The summed E-state index contributed by atoms with van der Waals surface area (Å²) < 4.78 is 11.0. The van der Waals surface area contributed by atoms with Crippen LogP contribution in [0.25, 0.3) is 22.8 Å². The molecule has 4 aromatic rings. The summed E-state index contributed by atoms with van der Waals surface area (Å²) in [4.78, 5) is 16.6. The number of amides is 1. The van der Waals surface area contributed by atoms with Crippen molar-refractivity contribution in [1.82, 2.24) is 10.1 Å². The number of nitrogens with zero attached hydrogens (tertiary/aromatic N) is 2. The SMILES string of the molecule is Cc1ccc(-c2nc(-c3cccc(OCC(=O)Nc4cccc(Cl)c4)c3)no2)cc1. The van der Waals surface area contributed by atoms with Gasteiger partial charge in [-0.15, -0.1) is 0 Å². The number of carbonyl (C=O) groups excluding carboxylic acids is 1. The topological polar surface area (TPSA) is 77.2 Å². The predicted molar refractivity (Wildman–Crippen MR) is 115 cm³/mol. The molecular formula is C23H18ClN3O3. The van der Waals surface area contributed by atoms with Crippen molar-refractivity contribution in [2.24, 2.45) is 0 Å². The fourth-order valence-corrected chi connectivity index (χ4v) is 2.98. The molecule has 0 atom stereocenters. The molecule has 6 nitrogen and oxygen atoms in total. The van der Waals surface area contributed by atoms with E-state index in [-0.39, 0.29) is 12.5 Å².